The lowest BCUT2D eigenvalue weighted by Crippen LogP contribution is -2.24. The minimum Gasteiger partial charge on any atom is -0.316 e. The highest BCUT2D eigenvalue weighted by molar-refractivity contribution is 9.09. The average molecular weight is 712 g/mol. The summed E-state index contributed by atoms with van der Waals surface area (Å²) < 4.78 is 55.7. The van der Waals surface area contributed by atoms with Crippen LogP contribution in [0.3, 0.4) is 0 Å². The number of carbonyl (C=O) groups excluding carboxylic acids is 2. The predicted molar refractivity (Wildman–Crippen MR) is 183 cm³/mol. The van der Waals surface area contributed by atoms with Crippen LogP contribution in [0.2, 0.25) is 0 Å². The summed E-state index contributed by atoms with van der Waals surface area (Å²) in [5.74, 6) is -6.28. The fourth-order valence-corrected chi connectivity index (χ4v) is 4.43. The Bertz CT molecular complexity index is 1220. The van der Waals surface area contributed by atoms with Crippen molar-refractivity contribution in [3.05, 3.63) is 58.7 Å². The molecule has 2 aromatic carbocycles. The first-order valence-electron chi connectivity index (χ1n) is 13.6. The maximum absolute atomic E-state index is 14.3. The van der Waals surface area contributed by atoms with Gasteiger partial charge in [0.25, 0.3) is 11.8 Å². The van der Waals surface area contributed by atoms with Crippen molar-refractivity contribution in [1.29, 1.82) is 0 Å². The second kappa shape index (κ2) is 16.5. The van der Waals surface area contributed by atoms with Gasteiger partial charge in [0.1, 0.15) is 0 Å². The summed E-state index contributed by atoms with van der Waals surface area (Å²) in [6.07, 6.45) is 0. The normalized spacial score (nSPS) is 12.0. The van der Waals surface area contributed by atoms with Crippen LogP contribution in [0, 0.1) is 13.8 Å². The highest BCUT2D eigenvalue weighted by Crippen LogP contribution is 2.39. The smallest absolute Gasteiger partial charge is 0.283 e. The number of rotatable bonds is 7. The van der Waals surface area contributed by atoms with E-state index in [1.807, 2.05) is 20.8 Å². The van der Waals surface area contributed by atoms with Gasteiger partial charge >= 0.3 is 0 Å². The van der Waals surface area contributed by atoms with Crippen LogP contribution in [0.1, 0.15) is 77.6 Å². The van der Waals surface area contributed by atoms with Crippen molar-refractivity contribution in [3.63, 3.8) is 0 Å². The zero-order valence-electron chi connectivity index (χ0n) is 27.3. The first-order chi connectivity index (χ1) is 19.2. The van der Waals surface area contributed by atoms with Crippen LogP contribution in [0.25, 0.3) is 0 Å². The van der Waals surface area contributed by atoms with E-state index in [9.17, 15) is 27.2 Å². The number of hydrogen-bond acceptors (Lipinski definition) is 4. The van der Waals surface area contributed by atoms with Crippen LogP contribution in [-0.2, 0) is 21.4 Å². The minimum atomic E-state index is -2.89. The number of amides is 2. The highest BCUT2D eigenvalue weighted by Gasteiger charge is 2.35. The van der Waals surface area contributed by atoms with E-state index < -0.39 is 17.2 Å². The van der Waals surface area contributed by atoms with Gasteiger partial charge in [0.05, 0.1) is 11.1 Å². The van der Waals surface area contributed by atoms with Gasteiger partial charge in [0, 0.05) is 59.9 Å². The summed E-state index contributed by atoms with van der Waals surface area (Å²) in [5, 5.41) is -0.414. The Morgan fingerprint density at radius 3 is 1.35 bits per heavy atom. The number of benzene rings is 2. The van der Waals surface area contributed by atoms with Crippen molar-refractivity contribution in [2.45, 2.75) is 90.6 Å². The predicted octanol–water partition coefficient (Wildman–Crippen LogP) is 9.78. The number of hydrogen-bond donors (Lipinski definition) is 1. The van der Waals surface area contributed by atoms with Crippen LogP contribution in [-0.4, -0.2) is 46.5 Å². The summed E-state index contributed by atoms with van der Waals surface area (Å²) >= 11 is 8.17. The second-order valence-corrected chi connectivity index (χ2v) is 16.0. The standard InChI is InChI=1S/C16H23F2NOS.C12H14BrF2NO.C4H10S/c1-11-9-13(19(6)12(2)20)7-8-14(11)16(17,18)10-21-15(3,4)5;1-8-6-10(16(3)9(2)17)4-5-11(8)12(14,15)7-13;1-4(2,3)5/h7-9H,10H2,1-6H3;4-6H,7H2,1-3H3;5H,1-3H3. The van der Waals surface area contributed by atoms with Crippen molar-refractivity contribution >= 4 is 63.5 Å². The maximum Gasteiger partial charge on any atom is 0.283 e. The summed E-state index contributed by atoms with van der Waals surface area (Å²) in [7, 11) is 3.24. The zero-order chi connectivity index (χ0) is 34.1. The third-order valence-corrected chi connectivity index (χ3v) is 7.86. The van der Waals surface area contributed by atoms with Crippen molar-refractivity contribution in [3.8, 4) is 0 Å². The Labute approximate surface area is 273 Å². The van der Waals surface area contributed by atoms with Gasteiger partial charge in [0.15, 0.2) is 0 Å². The molecule has 0 aliphatic heterocycles. The molecule has 0 spiro atoms. The number of carbonyl (C=O) groups is 2. The fraction of sp³-hybridized carbons (Fsp3) is 0.562. The van der Waals surface area contributed by atoms with E-state index >= 15 is 0 Å². The van der Waals surface area contributed by atoms with Crippen LogP contribution in [0.5, 0.6) is 0 Å². The molecule has 11 heteroatoms. The van der Waals surface area contributed by atoms with E-state index in [4.69, 9.17) is 0 Å². The van der Waals surface area contributed by atoms with Gasteiger partial charge in [-0.15, -0.1) is 11.8 Å². The lowest BCUT2D eigenvalue weighted by atomic mass is 10.0. The lowest BCUT2D eigenvalue weighted by molar-refractivity contribution is -0.117. The highest BCUT2D eigenvalue weighted by atomic mass is 79.9. The monoisotopic (exact) mass is 710 g/mol. The number of thioether (sulfide) groups is 1. The zero-order valence-corrected chi connectivity index (χ0v) is 30.6. The van der Waals surface area contributed by atoms with Gasteiger partial charge in [-0.2, -0.15) is 12.6 Å². The third-order valence-electron chi connectivity index (χ3n) is 5.78. The van der Waals surface area contributed by atoms with Crippen LogP contribution in [0.4, 0.5) is 28.9 Å². The third kappa shape index (κ3) is 15.2. The van der Waals surface area contributed by atoms with E-state index in [-0.39, 0.29) is 38.2 Å². The first kappa shape index (κ1) is 41.3. The molecule has 0 aliphatic rings. The van der Waals surface area contributed by atoms with Gasteiger partial charge in [0.2, 0.25) is 11.8 Å². The number of thiol groups is 1. The molecular weight excluding hydrogens is 664 g/mol. The van der Waals surface area contributed by atoms with Crippen LogP contribution < -0.4 is 9.80 Å². The molecule has 0 fully saturated rings. The molecule has 2 rings (SSSR count). The molecule has 0 N–H and O–H groups in total. The molecule has 4 nitrogen and oxygen atoms in total. The lowest BCUT2D eigenvalue weighted by Gasteiger charge is -2.25. The van der Waals surface area contributed by atoms with Gasteiger partial charge in [-0.1, -0.05) is 69.6 Å². The number of alkyl halides is 5. The summed E-state index contributed by atoms with van der Waals surface area (Å²) in [6, 6.07) is 9.11. The second-order valence-electron chi connectivity index (χ2n) is 12.3. The fourth-order valence-electron chi connectivity index (χ4n) is 3.35. The summed E-state index contributed by atoms with van der Waals surface area (Å²) in [5.41, 5.74) is 2.22. The number of anilines is 2. The topological polar surface area (TPSA) is 40.6 Å². The van der Waals surface area contributed by atoms with E-state index in [1.165, 1.54) is 53.6 Å². The van der Waals surface area contributed by atoms with Crippen molar-refractivity contribution in [2.24, 2.45) is 0 Å². The molecule has 0 unspecified atom stereocenters. The van der Waals surface area contributed by atoms with Gasteiger partial charge < -0.3 is 9.80 Å². The average Bonchev–Trinajstić information content (AvgIpc) is 2.85. The van der Waals surface area contributed by atoms with Gasteiger partial charge in [-0.25, -0.2) is 17.6 Å². The molecular formula is C32H47BrF4N2O2S2. The molecule has 0 atom stereocenters. The number of halogens is 5. The Morgan fingerprint density at radius 1 is 0.767 bits per heavy atom. The van der Waals surface area contributed by atoms with E-state index in [0.717, 1.165) is 0 Å². The van der Waals surface area contributed by atoms with Crippen LogP contribution in [0.15, 0.2) is 36.4 Å². The largest absolute Gasteiger partial charge is 0.316 e. The van der Waals surface area contributed by atoms with Crippen molar-refractivity contribution < 1.29 is 27.2 Å². The van der Waals surface area contributed by atoms with Gasteiger partial charge in [-0.05, 0) is 49.2 Å². The minimum absolute atomic E-state index is 0.0184. The summed E-state index contributed by atoms with van der Waals surface area (Å²) in [6.45, 7) is 18.1. The first-order valence-corrected chi connectivity index (χ1v) is 16.2. The number of aryl methyl sites for hydroxylation is 2. The SMILES string of the molecule is CC(=O)N(C)c1ccc(C(F)(F)CBr)c(C)c1.CC(=O)N(C)c1ccc(C(F)(F)CSC(C)(C)C)c(C)c1.CC(C)(C)S. The van der Waals surface area contributed by atoms with Crippen molar-refractivity contribution in [2.75, 3.05) is 35.0 Å². The Morgan fingerprint density at radius 2 is 1.09 bits per heavy atom. The Hall–Kier alpha value is -1.72. The molecule has 0 aromatic heterocycles. The molecule has 2 aromatic rings. The number of nitrogens with zero attached hydrogens (tertiary/aromatic N) is 2. The van der Waals surface area contributed by atoms with E-state index in [0.29, 0.717) is 22.5 Å². The Balaban J connectivity index is 0.000000720. The Kier molecular flexibility index (Phi) is 15.9. The molecule has 0 heterocycles. The summed E-state index contributed by atoms with van der Waals surface area (Å²) in [4.78, 5) is 25.4. The molecule has 0 bridgehead atoms. The molecule has 2 amide bonds. The quantitative estimate of drug-likeness (QED) is 0.177. The molecule has 0 aliphatic carbocycles. The molecule has 244 valence electrons. The van der Waals surface area contributed by atoms with E-state index in [1.54, 1.807) is 46.1 Å². The molecule has 0 saturated heterocycles. The molecule has 0 radical (unpaired) electrons. The van der Waals surface area contributed by atoms with Gasteiger partial charge in [-0.3, -0.25) is 9.59 Å². The van der Waals surface area contributed by atoms with E-state index in [2.05, 4.69) is 49.3 Å². The van der Waals surface area contributed by atoms with Crippen molar-refractivity contribution in [1.82, 2.24) is 0 Å². The van der Waals surface area contributed by atoms with Crippen LogP contribution >= 0.6 is 40.3 Å². The molecule has 0 saturated carbocycles. The molecule has 43 heavy (non-hydrogen) atoms. The maximum atomic E-state index is 14.3.